The van der Waals surface area contributed by atoms with Crippen molar-refractivity contribution in [2.75, 3.05) is 26.2 Å². The lowest BCUT2D eigenvalue weighted by Gasteiger charge is -2.48. The Balaban J connectivity index is 1.69. The van der Waals surface area contributed by atoms with Crippen molar-refractivity contribution in [2.24, 2.45) is 22.7 Å². The Kier molecular flexibility index (Phi) is 3.46. The van der Waals surface area contributed by atoms with Crippen LogP contribution in [0.3, 0.4) is 0 Å². The fourth-order valence-corrected chi connectivity index (χ4v) is 5.80. The van der Waals surface area contributed by atoms with Crippen molar-refractivity contribution >= 4 is 0 Å². The largest absolute Gasteiger partial charge is 0.317 e. The fraction of sp³-hybridized carbons (Fsp3) is 1.00. The summed E-state index contributed by atoms with van der Waals surface area (Å²) in [6, 6.07) is 0.838. The lowest BCUT2D eigenvalue weighted by Crippen LogP contribution is -2.51. The molecular weight excluding hydrogens is 232 g/mol. The van der Waals surface area contributed by atoms with Gasteiger partial charge >= 0.3 is 0 Å². The van der Waals surface area contributed by atoms with Gasteiger partial charge in [-0.2, -0.15) is 0 Å². The number of rotatable bonds is 4. The van der Waals surface area contributed by atoms with Crippen LogP contribution in [0.25, 0.3) is 0 Å². The van der Waals surface area contributed by atoms with Crippen molar-refractivity contribution in [3.63, 3.8) is 0 Å². The summed E-state index contributed by atoms with van der Waals surface area (Å²) >= 11 is 0. The monoisotopic (exact) mass is 264 g/mol. The zero-order valence-electron chi connectivity index (χ0n) is 13.3. The lowest BCUT2D eigenvalue weighted by atomic mass is 9.68. The van der Waals surface area contributed by atoms with Crippen LogP contribution < -0.4 is 5.32 Å². The smallest absolute Gasteiger partial charge is 0.0203 e. The third-order valence-corrected chi connectivity index (χ3v) is 6.56. The summed E-state index contributed by atoms with van der Waals surface area (Å²) in [6.07, 6.45) is 5.84. The van der Waals surface area contributed by atoms with Crippen LogP contribution in [0.4, 0.5) is 0 Å². The van der Waals surface area contributed by atoms with Crippen LogP contribution in [0.5, 0.6) is 0 Å². The summed E-state index contributed by atoms with van der Waals surface area (Å²) < 4.78 is 0. The first-order valence-corrected chi connectivity index (χ1v) is 8.42. The van der Waals surface area contributed by atoms with E-state index in [4.69, 9.17) is 0 Å². The molecule has 2 aliphatic carbocycles. The number of hydrogen-bond donors (Lipinski definition) is 1. The summed E-state index contributed by atoms with van der Waals surface area (Å²) in [5.41, 5.74) is 1.15. The molecule has 0 aromatic rings. The SMILES string of the molecule is CCNCC1CCN(C2C3(C)CCC(C3)C2(C)C)C1. The van der Waals surface area contributed by atoms with E-state index in [1.165, 1.54) is 45.3 Å². The van der Waals surface area contributed by atoms with Crippen LogP contribution in [0.15, 0.2) is 0 Å². The van der Waals surface area contributed by atoms with Crippen molar-refractivity contribution < 1.29 is 0 Å². The molecule has 110 valence electrons. The maximum Gasteiger partial charge on any atom is 0.0203 e. The molecule has 0 aromatic heterocycles. The standard InChI is InChI=1S/C17H32N2/c1-5-18-11-13-7-9-19(12-13)15-16(2,3)14-6-8-17(15,4)10-14/h13-15,18H,5-12H2,1-4H3. The van der Waals surface area contributed by atoms with E-state index in [0.717, 1.165) is 24.4 Å². The maximum atomic E-state index is 3.54. The van der Waals surface area contributed by atoms with E-state index in [9.17, 15) is 0 Å². The molecule has 2 bridgehead atoms. The molecule has 0 aromatic carbocycles. The average Bonchev–Trinajstić information content (AvgIpc) is 2.98. The van der Waals surface area contributed by atoms with Gasteiger partial charge in [-0.25, -0.2) is 0 Å². The summed E-state index contributed by atoms with van der Waals surface area (Å²) in [5, 5.41) is 3.54. The molecule has 2 heteroatoms. The molecule has 3 rings (SSSR count). The third-order valence-electron chi connectivity index (χ3n) is 6.56. The van der Waals surface area contributed by atoms with E-state index < -0.39 is 0 Å². The molecule has 4 unspecified atom stereocenters. The summed E-state index contributed by atoms with van der Waals surface area (Å²) in [6.45, 7) is 14.9. The van der Waals surface area contributed by atoms with Crippen LogP contribution in [-0.4, -0.2) is 37.1 Å². The number of likely N-dealkylation sites (tertiary alicyclic amines) is 1. The Bertz CT molecular complexity index is 333. The molecule has 0 spiro atoms. The summed E-state index contributed by atoms with van der Waals surface area (Å²) in [5.74, 6) is 1.87. The topological polar surface area (TPSA) is 15.3 Å². The predicted molar refractivity (Wildman–Crippen MR) is 81.2 cm³/mol. The molecule has 2 nitrogen and oxygen atoms in total. The molecule has 2 saturated carbocycles. The van der Waals surface area contributed by atoms with Crippen LogP contribution in [0.1, 0.15) is 53.4 Å². The highest BCUT2D eigenvalue weighted by Crippen LogP contribution is 2.64. The molecule has 0 radical (unpaired) electrons. The first-order valence-electron chi connectivity index (χ1n) is 8.42. The second-order valence-electron chi connectivity index (χ2n) is 8.27. The van der Waals surface area contributed by atoms with E-state index >= 15 is 0 Å². The highest BCUT2D eigenvalue weighted by molar-refractivity contribution is 5.13. The van der Waals surface area contributed by atoms with Crippen LogP contribution in [0.2, 0.25) is 0 Å². The second-order valence-corrected chi connectivity index (χ2v) is 8.27. The molecule has 1 heterocycles. The van der Waals surface area contributed by atoms with E-state index in [-0.39, 0.29) is 0 Å². The maximum absolute atomic E-state index is 3.54. The van der Waals surface area contributed by atoms with Crippen molar-refractivity contribution in [3.8, 4) is 0 Å². The number of nitrogens with one attached hydrogen (secondary N) is 1. The first kappa shape index (κ1) is 13.9. The molecular formula is C17H32N2. The highest BCUT2D eigenvalue weighted by Gasteiger charge is 2.61. The molecule has 1 N–H and O–H groups in total. The zero-order valence-corrected chi connectivity index (χ0v) is 13.3. The normalized spacial score (nSPS) is 45.2. The Labute approximate surface area is 119 Å². The number of hydrogen-bond acceptors (Lipinski definition) is 2. The third kappa shape index (κ3) is 2.15. The van der Waals surface area contributed by atoms with Gasteiger partial charge < -0.3 is 5.32 Å². The van der Waals surface area contributed by atoms with E-state index in [0.29, 0.717) is 10.8 Å². The molecule has 4 atom stereocenters. The van der Waals surface area contributed by atoms with Crippen molar-refractivity contribution in [3.05, 3.63) is 0 Å². The molecule has 3 aliphatic rings. The van der Waals surface area contributed by atoms with Crippen molar-refractivity contribution in [1.82, 2.24) is 10.2 Å². The minimum atomic E-state index is 0.542. The van der Waals surface area contributed by atoms with Gasteiger partial charge in [-0.3, -0.25) is 4.90 Å². The lowest BCUT2D eigenvalue weighted by molar-refractivity contribution is 0.0159. The summed E-state index contributed by atoms with van der Waals surface area (Å²) in [4.78, 5) is 2.86. The minimum absolute atomic E-state index is 0.542. The van der Waals surface area contributed by atoms with Gasteiger partial charge in [0.05, 0.1) is 0 Å². The van der Waals surface area contributed by atoms with Crippen molar-refractivity contribution in [1.29, 1.82) is 0 Å². The molecule has 1 aliphatic heterocycles. The predicted octanol–water partition coefficient (Wildman–Crippen LogP) is 3.13. The van der Waals surface area contributed by atoms with E-state index in [1.807, 2.05) is 0 Å². The zero-order chi connectivity index (χ0) is 13.7. The quantitative estimate of drug-likeness (QED) is 0.839. The van der Waals surface area contributed by atoms with Gasteiger partial charge in [-0.1, -0.05) is 27.7 Å². The van der Waals surface area contributed by atoms with Gasteiger partial charge in [-0.15, -0.1) is 0 Å². The van der Waals surface area contributed by atoms with Crippen LogP contribution in [-0.2, 0) is 0 Å². The molecule has 0 amide bonds. The van der Waals surface area contributed by atoms with E-state index in [1.54, 1.807) is 0 Å². The Morgan fingerprint density at radius 3 is 2.63 bits per heavy atom. The Morgan fingerprint density at radius 1 is 1.21 bits per heavy atom. The molecule has 1 saturated heterocycles. The minimum Gasteiger partial charge on any atom is -0.317 e. The first-order chi connectivity index (χ1) is 8.97. The van der Waals surface area contributed by atoms with Gasteiger partial charge in [0.25, 0.3) is 0 Å². The van der Waals surface area contributed by atoms with Crippen molar-refractivity contribution in [2.45, 2.75) is 59.4 Å². The van der Waals surface area contributed by atoms with E-state index in [2.05, 4.69) is 37.9 Å². The van der Waals surface area contributed by atoms with Gasteiger partial charge in [0.15, 0.2) is 0 Å². The average molecular weight is 264 g/mol. The number of fused-ring (bicyclic) bond motifs is 2. The summed E-state index contributed by atoms with van der Waals surface area (Å²) in [7, 11) is 0. The van der Waals surface area contributed by atoms with Gasteiger partial charge in [0, 0.05) is 12.6 Å². The highest BCUT2D eigenvalue weighted by atomic mass is 15.2. The Morgan fingerprint density at radius 2 is 2.00 bits per heavy atom. The molecule has 3 fully saturated rings. The number of nitrogens with zero attached hydrogens (tertiary/aromatic N) is 1. The molecule has 19 heavy (non-hydrogen) atoms. The van der Waals surface area contributed by atoms with Gasteiger partial charge in [0.2, 0.25) is 0 Å². The van der Waals surface area contributed by atoms with Crippen LogP contribution >= 0.6 is 0 Å². The Hall–Kier alpha value is -0.0800. The van der Waals surface area contributed by atoms with Crippen LogP contribution in [0, 0.1) is 22.7 Å². The van der Waals surface area contributed by atoms with Gasteiger partial charge in [-0.05, 0) is 68.0 Å². The fourth-order valence-electron chi connectivity index (χ4n) is 5.80. The van der Waals surface area contributed by atoms with Gasteiger partial charge in [0.1, 0.15) is 0 Å². The second kappa shape index (κ2) is 4.73.